The van der Waals surface area contributed by atoms with Gasteiger partial charge in [0.15, 0.2) is 0 Å². The molecule has 2 saturated carbocycles. The van der Waals surface area contributed by atoms with Crippen molar-refractivity contribution in [1.29, 1.82) is 0 Å². The number of halogens is 1. The second-order valence-corrected chi connectivity index (χ2v) is 8.38. The van der Waals surface area contributed by atoms with E-state index >= 15 is 0 Å². The number of hydrogen-bond acceptors (Lipinski definition) is 2. The summed E-state index contributed by atoms with van der Waals surface area (Å²) in [6.07, 6.45) is 5.74. The monoisotopic (exact) mass is 396 g/mol. The third kappa shape index (κ3) is 4.07. The molecule has 0 saturated heterocycles. The molecule has 0 bridgehead atoms. The quantitative estimate of drug-likeness (QED) is 0.735. The van der Waals surface area contributed by atoms with Crippen LogP contribution in [0, 0.1) is 5.92 Å². The first-order valence-electron chi connectivity index (χ1n) is 10.0. The molecule has 0 heterocycles. The Balaban J connectivity index is 1.45. The Morgan fingerprint density at radius 2 is 1.79 bits per heavy atom. The van der Waals surface area contributed by atoms with Crippen molar-refractivity contribution < 1.29 is 9.59 Å². The third-order valence-corrected chi connectivity index (χ3v) is 6.10. The number of nitrogens with one attached hydrogen (secondary N) is 2. The maximum atomic E-state index is 13.2. The number of benzene rings is 2. The van der Waals surface area contributed by atoms with Crippen LogP contribution in [0.5, 0.6) is 0 Å². The van der Waals surface area contributed by atoms with Gasteiger partial charge in [-0.3, -0.25) is 9.59 Å². The van der Waals surface area contributed by atoms with Gasteiger partial charge in [-0.15, -0.1) is 0 Å². The van der Waals surface area contributed by atoms with Crippen LogP contribution in [0.15, 0.2) is 48.5 Å². The highest BCUT2D eigenvalue weighted by atomic mass is 35.5. The van der Waals surface area contributed by atoms with Gasteiger partial charge in [0.1, 0.15) is 0 Å². The molecular weight excluding hydrogens is 372 g/mol. The molecule has 2 aliphatic carbocycles. The van der Waals surface area contributed by atoms with Crippen LogP contribution in [0.4, 0.5) is 5.69 Å². The summed E-state index contributed by atoms with van der Waals surface area (Å²) in [4.78, 5) is 25.1. The van der Waals surface area contributed by atoms with Crippen LogP contribution in [-0.2, 0) is 21.5 Å². The standard InChI is InChI=1S/C23H25ClN2O2/c24-19-7-4-6-18(14-19)23(11-1-2-12-23)22(28)25-15-16-5-3-8-20(13-16)26-21(27)17-9-10-17/h3-8,13-14,17H,1-2,9-12,15H2,(H,25,28)(H,26,27). The summed E-state index contributed by atoms with van der Waals surface area (Å²) in [6, 6.07) is 15.4. The first kappa shape index (κ1) is 19.0. The van der Waals surface area contributed by atoms with E-state index in [0.29, 0.717) is 11.6 Å². The fourth-order valence-corrected chi connectivity index (χ4v) is 4.30. The maximum absolute atomic E-state index is 13.2. The van der Waals surface area contributed by atoms with Crippen molar-refractivity contribution >= 4 is 29.1 Å². The van der Waals surface area contributed by atoms with Crippen LogP contribution >= 0.6 is 11.6 Å². The number of carbonyl (C=O) groups excluding carboxylic acids is 2. The molecular formula is C23H25ClN2O2. The molecule has 2 aliphatic rings. The summed E-state index contributed by atoms with van der Waals surface area (Å²) < 4.78 is 0. The molecule has 28 heavy (non-hydrogen) atoms. The minimum atomic E-state index is -0.497. The van der Waals surface area contributed by atoms with Crippen LogP contribution in [0.1, 0.15) is 49.7 Å². The SMILES string of the molecule is O=C(Nc1cccc(CNC(=O)C2(c3cccc(Cl)c3)CCCC2)c1)C1CC1. The molecule has 0 aliphatic heterocycles. The van der Waals surface area contributed by atoms with Gasteiger partial charge in [-0.2, -0.15) is 0 Å². The van der Waals surface area contributed by atoms with Crippen molar-refractivity contribution in [3.05, 3.63) is 64.7 Å². The number of anilines is 1. The van der Waals surface area contributed by atoms with E-state index in [4.69, 9.17) is 11.6 Å². The summed E-state index contributed by atoms with van der Waals surface area (Å²) >= 11 is 6.18. The number of carbonyl (C=O) groups is 2. The van der Waals surface area contributed by atoms with Crippen LogP contribution in [0.3, 0.4) is 0 Å². The lowest BCUT2D eigenvalue weighted by molar-refractivity contribution is -0.126. The predicted octanol–water partition coefficient (Wildman–Crippen LogP) is 4.82. The van der Waals surface area contributed by atoms with E-state index in [1.54, 1.807) is 0 Å². The van der Waals surface area contributed by atoms with E-state index in [2.05, 4.69) is 10.6 Å². The van der Waals surface area contributed by atoms with Crippen LogP contribution in [0.25, 0.3) is 0 Å². The summed E-state index contributed by atoms with van der Waals surface area (Å²) in [6.45, 7) is 0.439. The lowest BCUT2D eigenvalue weighted by Gasteiger charge is -2.28. The maximum Gasteiger partial charge on any atom is 0.230 e. The summed E-state index contributed by atoms with van der Waals surface area (Å²) in [5.74, 6) is 0.315. The van der Waals surface area contributed by atoms with Crippen molar-refractivity contribution in [3.8, 4) is 0 Å². The zero-order valence-electron chi connectivity index (χ0n) is 15.8. The molecule has 4 rings (SSSR count). The van der Waals surface area contributed by atoms with Gasteiger partial charge in [0.2, 0.25) is 11.8 Å². The Morgan fingerprint density at radius 3 is 2.50 bits per heavy atom. The van der Waals surface area contributed by atoms with E-state index < -0.39 is 5.41 Å². The molecule has 2 N–H and O–H groups in total. The van der Waals surface area contributed by atoms with E-state index in [-0.39, 0.29) is 17.7 Å². The number of amides is 2. The van der Waals surface area contributed by atoms with Crippen LogP contribution in [0.2, 0.25) is 5.02 Å². The van der Waals surface area contributed by atoms with Crippen molar-refractivity contribution in [3.63, 3.8) is 0 Å². The lowest BCUT2D eigenvalue weighted by atomic mass is 9.78. The second-order valence-electron chi connectivity index (χ2n) is 7.95. The molecule has 0 aromatic heterocycles. The fourth-order valence-electron chi connectivity index (χ4n) is 4.11. The molecule has 4 nitrogen and oxygen atoms in total. The molecule has 5 heteroatoms. The zero-order chi connectivity index (χ0) is 19.6. The first-order valence-corrected chi connectivity index (χ1v) is 10.4. The Labute approximate surface area is 170 Å². The number of rotatable bonds is 6. The molecule has 2 aromatic rings. The van der Waals surface area contributed by atoms with Gasteiger partial charge in [-0.1, -0.05) is 48.7 Å². The zero-order valence-corrected chi connectivity index (χ0v) is 16.6. The minimum absolute atomic E-state index is 0.0553. The average Bonchev–Trinajstić information content (AvgIpc) is 3.43. The van der Waals surface area contributed by atoms with Gasteiger partial charge in [-0.05, 0) is 61.1 Å². The first-order chi connectivity index (χ1) is 13.6. The Kier molecular flexibility index (Phi) is 5.40. The second kappa shape index (κ2) is 7.96. The summed E-state index contributed by atoms with van der Waals surface area (Å²) in [5.41, 5.74) is 2.26. The molecule has 2 fully saturated rings. The Morgan fingerprint density at radius 1 is 1.04 bits per heavy atom. The predicted molar refractivity (Wildman–Crippen MR) is 111 cm³/mol. The van der Waals surface area contributed by atoms with Crippen molar-refractivity contribution in [2.75, 3.05) is 5.32 Å². The van der Waals surface area contributed by atoms with E-state index in [1.807, 2.05) is 48.5 Å². The minimum Gasteiger partial charge on any atom is -0.351 e. The fraction of sp³-hybridized carbons (Fsp3) is 0.391. The van der Waals surface area contributed by atoms with Gasteiger partial charge in [0, 0.05) is 23.2 Å². The van der Waals surface area contributed by atoms with E-state index in [0.717, 1.165) is 55.3 Å². The largest absolute Gasteiger partial charge is 0.351 e. The molecule has 0 spiro atoms. The average molecular weight is 397 g/mol. The topological polar surface area (TPSA) is 58.2 Å². The Bertz CT molecular complexity index is 886. The molecule has 146 valence electrons. The molecule has 2 aromatic carbocycles. The summed E-state index contributed by atoms with van der Waals surface area (Å²) in [5, 5.41) is 6.74. The third-order valence-electron chi connectivity index (χ3n) is 5.86. The van der Waals surface area contributed by atoms with E-state index in [1.165, 1.54) is 0 Å². The highest BCUT2D eigenvalue weighted by Gasteiger charge is 2.42. The summed E-state index contributed by atoms with van der Waals surface area (Å²) in [7, 11) is 0. The van der Waals surface area contributed by atoms with Crippen molar-refractivity contribution in [2.24, 2.45) is 5.92 Å². The highest BCUT2D eigenvalue weighted by Crippen LogP contribution is 2.42. The van der Waals surface area contributed by atoms with Crippen LogP contribution < -0.4 is 10.6 Å². The van der Waals surface area contributed by atoms with Gasteiger partial charge in [-0.25, -0.2) is 0 Å². The van der Waals surface area contributed by atoms with Crippen LogP contribution in [-0.4, -0.2) is 11.8 Å². The van der Waals surface area contributed by atoms with Gasteiger partial charge < -0.3 is 10.6 Å². The van der Waals surface area contributed by atoms with E-state index in [9.17, 15) is 9.59 Å². The lowest BCUT2D eigenvalue weighted by Crippen LogP contribution is -2.42. The van der Waals surface area contributed by atoms with Gasteiger partial charge in [0.25, 0.3) is 0 Å². The van der Waals surface area contributed by atoms with Gasteiger partial charge >= 0.3 is 0 Å². The van der Waals surface area contributed by atoms with Gasteiger partial charge in [0.05, 0.1) is 5.41 Å². The smallest absolute Gasteiger partial charge is 0.230 e. The normalized spacial score (nSPS) is 17.9. The number of hydrogen-bond donors (Lipinski definition) is 2. The Hall–Kier alpha value is -2.33. The molecule has 0 radical (unpaired) electrons. The molecule has 2 amide bonds. The molecule has 0 unspecified atom stereocenters. The van der Waals surface area contributed by atoms with Crippen molar-refractivity contribution in [1.82, 2.24) is 5.32 Å². The van der Waals surface area contributed by atoms with Crippen molar-refractivity contribution in [2.45, 2.75) is 50.5 Å². The molecule has 0 atom stereocenters. The highest BCUT2D eigenvalue weighted by molar-refractivity contribution is 6.30.